The number of ether oxygens (including phenoxy) is 3. The lowest BCUT2D eigenvalue weighted by molar-refractivity contribution is -0.166. The van der Waals surface area contributed by atoms with Gasteiger partial charge < -0.3 is 14.2 Å². The number of esters is 3. The van der Waals surface area contributed by atoms with Gasteiger partial charge in [0.15, 0.2) is 6.10 Å². The van der Waals surface area contributed by atoms with Crippen LogP contribution in [0.5, 0.6) is 0 Å². The Morgan fingerprint density at radius 1 is 0.373 bits per heavy atom. The van der Waals surface area contributed by atoms with Crippen molar-refractivity contribution < 1.29 is 28.6 Å². The molecule has 0 N–H and O–H groups in total. The Morgan fingerprint density at radius 3 is 1.31 bits per heavy atom. The summed E-state index contributed by atoms with van der Waals surface area (Å²) in [5, 5.41) is 0. The van der Waals surface area contributed by atoms with Crippen molar-refractivity contribution in [1.82, 2.24) is 0 Å². The Kier molecular flexibility index (Phi) is 43.2. The number of unbranched alkanes of at least 4 members (excludes halogenated alkanes) is 11. The maximum absolute atomic E-state index is 12.7. The first-order chi connectivity index (χ1) is 29.0. The van der Waals surface area contributed by atoms with Crippen LogP contribution in [0.2, 0.25) is 0 Å². The molecular weight excluding hydrogens is 733 g/mol. The van der Waals surface area contributed by atoms with Crippen molar-refractivity contribution in [3.63, 3.8) is 0 Å². The number of hydrogen-bond acceptors (Lipinski definition) is 6. The summed E-state index contributed by atoms with van der Waals surface area (Å²) < 4.78 is 16.6. The largest absolute Gasteiger partial charge is 0.462 e. The molecule has 0 aliphatic carbocycles. The lowest BCUT2D eigenvalue weighted by Crippen LogP contribution is -2.30. The summed E-state index contributed by atoms with van der Waals surface area (Å²) in [4.78, 5) is 37.7. The number of hydrogen-bond donors (Lipinski definition) is 0. The van der Waals surface area contributed by atoms with Crippen LogP contribution in [-0.4, -0.2) is 37.2 Å². The molecule has 1 atom stereocenters. The average molecular weight is 815 g/mol. The van der Waals surface area contributed by atoms with Gasteiger partial charge in [-0.1, -0.05) is 200 Å². The molecule has 6 nitrogen and oxygen atoms in total. The van der Waals surface area contributed by atoms with Crippen LogP contribution >= 0.6 is 0 Å². The van der Waals surface area contributed by atoms with Gasteiger partial charge in [-0.2, -0.15) is 0 Å². The Bertz CT molecular complexity index is 1300. The van der Waals surface area contributed by atoms with E-state index in [9.17, 15) is 14.4 Å². The summed E-state index contributed by atoms with van der Waals surface area (Å²) >= 11 is 0. The van der Waals surface area contributed by atoms with Crippen molar-refractivity contribution in [2.24, 2.45) is 0 Å². The van der Waals surface area contributed by atoms with E-state index in [-0.39, 0.29) is 44.0 Å². The molecule has 330 valence electrons. The van der Waals surface area contributed by atoms with Gasteiger partial charge in [0.1, 0.15) is 13.2 Å². The van der Waals surface area contributed by atoms with Crippen LogP contribution in [0.15, 0.2) is 122 Å². The highest BCUT2D eigenvalue weighted by Crippen LogP contribution is 2.12. The molecule has 6 heteroatoms. The van der Waals surface area contributed by atoms with Crippen molar-refractivity contribution in [1.29, 1.82) is 0 Å². The highest BCUT2D eigenvalue weighted by atomic mass is 16.6. The lowest BCUT2D eigenvalue weighted by Gasteiger charge is -2.18. The monoisotopic (exact) mass is 815 g/mol. The molecule has 0 rings (SSSR count). The minimum Gasteiger partial charge on any atom is -0.462 e. The molecule has 0 radical (unpaired) electrons. The van der Waals surface area contributed by atoms with E-state index < -0.39 is 6.10 Å². The van der Waals surface area contributed by atoms with Gasteiger partial charge in [0, 0.05) is 19.3 Å². The minimum atomic E-state index is -0.828. The maximum Gasteiger partial charge on any atom is 0.306 e. The molecule has 0 aromatic heterocycles. The van der Waals surface area contributed by atoms with E-state index in [4.69, 9.17) is 14.2 Å². The quantitative estimate of drug-likeness (QED) is 0.0202. The summed E-state index contributed by atoms with van der Waals surface area (Å²) in [6.07, 6.45) is 63.4. The summed E-state index contributed by atoms with van der Waals surface area (Å²) in [7, 11) is 0. The van der Waals surface area contributed by atoms with E-state index in [1.54, 1.807) is 0 Å². The van der Waals surface area contributed by atoms with Crippen LogP contribution in [0.4, 0.5) is 0 Å². The van der Waals surface area contributed by atoms with Crippen molar-refractivity contribution in [3.8, 4) is 0 Å². The first-order valence-electron chi connectivity index (χ1n) is 23.1. The van der Waals surface area contributed by atoms with Crippen LogP contribution < -0.4 is 0 Å². The molecule has 0 bridgehead atoms. The standard InChI is InChI=1S/C53H82O6/c1-4-7-10-13-16-19-21-23-24-25-26-27-28-30-31-34-37-40-43-46-52(55)58-49-50(48-57-51(54)45-42-39-36-33-18-15-12-9-6-3)59-53(56)47-44-41-38-35-32-29-22-20-17-14-11-8-5-2/h7-8,10-11,14,16-17,19-20,22-24,26-27,29-32,37,40,50H,4-6,9,12-13,15,18,21,25,28,33-36,38-39,41-49H2,1-3H3/b10-7-,11-8-,17-14-,19-16-,22-20-,24-23-,27-26-,31-30-,32-29-,40-37-. The molecule has 0 amide bonds. The van der Waals surface area contributed by atoms with E-state index in [2.05, 4.69) is 93.7 Å². The Labute approximate surface area is 361 Å². The highest BCUT2D eigenvalue weighted by molar-refractivity contribution is 5.71. The number of carbonyl (C=O) groups excluding carboxylic acids is 3. The lowest BCUT2D eigenvalue weighted by atomic mass is 10.1. The van der Waals surface area contributed by atoms with Crippen molar-refractivity contribution in [3.05, 3.63) is 122 Å². The Morgan fingerprint density at radius 2 is 0.780 bits per heavy atom. The van der Waals surface area contributed by atoms with E-state index in [1.165, 1.54) is 38.5 Å². The zero-order valence-electron chi connectivity index (χ0n) is 37.5. The topological polar surface area (TPSA) is 78.9 Å². The van der Waals surface area contributed by atoms with E-state index in [0.717, 1.165) is 83.5 Å². The molecule has 0 aliphatic heterocycles. The molecule has 0 aromatic rings. The second-order valence-corrected chi connectivity index (χ2v) is 14.6. The van der Waals surface area contributed by atoms with Gasteiger partial charge in [-0.3, -0.25) is 14.4 Å². The summed E-state index contributed by atoms with van der Waals surface area (Å²) in [5.41, 5.74) is 0. The molecule has 1 unspecified atom stereocenters. The summed E-state index contributed by atoms with van der Waals surface area (Å²) in [6, 6.07) is 0. The van der Waals surface area contributed by atoms with Gasteiger partial charge >= 0.3 is 17.9 Å². The van der Waals surface area contributed by atoms with Crippen LogP contribution in [0, 0.1) is 0 Å². The Balaban J connectivity index is 4.55. The highest BCUT2D eigenvalue weighted by Gasteiger charge is 2.19. The molecule has 0 aliphatic rings. The minimum absolute atomic E-state index is 0.120. The fraction of sp³-hybridized carbons (Fsp3) is 0.566. The van der Waals surface area contributed by atoms with Crippen LogP contribution in [0.25, 0.3) is 0 Å². The molecule has 0 spiro atoms. The zero-order valence-corrected chi connectivity index (χ0v) is 37.5. The smallest absolute Gasteiger partial charge is 0.306 e. The van der Waals surface area contributed by atoms with Gasteiger partial charge in [0.2, 0.25) is 0 Å². The molecule has 0 heterocycles. The molecule has 0 saturated heterocycles. The van der Waals surface area contributed by atoms with E-state index in [1.807, 2.05) is 48.6 Å². The predicted molar refractivity (Wildman–Crippen MR) is 251 cm³/mol. The van der Waals surface area contributed by atoms with Crippen molar-refractivity contribution in [2.45, 2.75) is 181 Å². The van der Waals surface area contributed by atoms with Gasteiger partial charge in [-0.05, 0) is 77.0 Å². The van der Waals surface area contributed by atoms with Crippen LogP contribution in [0.1, 0.15) is 175 Å². The van der Waals surface area contributed by atoms with E-state index >= 15 is 0 Å². The first-order valence-corrected chi connectivity index (χ1v) is 23.1. The molecule has 0 saturated carbocycles. The SMILES string of the molecule is CC\C=C/C=C\C=C/C=C\CCCCCC(=O)OC(COC(=O)CC/C=C\C/C=C\C/C=C\C/C=C\C/C=C\C/C=C\CC)COC(=O)CCCCCCCCCCC. The first kappa shape index (κ1) is 54.8. The third-order valence-corrected chi connectivity index (χ3v) is 9.07. The fourth-order valence-electron chi connectivity index (χ4n) is 5.65. The fourth-order valence-corrected chi connectivity index (χ4v) is 5.65. The predicted octanol–water partition coefficient (Wildman–Crippen LogP) is 15.0. The number of rotatable bonds is 39. The van der Waals surface area contributed by atoms with Crippen molar-refractivity contribution >= 4 is 17.9 Å². The van der Waals surface area contributed by atoms with Gasteiger partial charge in [-0.25, -0.2) is 0 Å². The molecule has 59 heavy (non-hydrogen) atoms. The summed E-state index contributed by atoms with van der Waals surface area (Å²) in [6.45, 7) is 6.22. The van der Waals surface area contributed by atoms with E-state index in [0.29, 0.717) is 19.3 Å². The molecule has 0 aromatic carbocycles. The number of allylic oxidation sites excluding steroid dienone is 20. The second-order valence-electron chi connectivity index (χ2n) is 14.6. The maximum atomic E-state index is 12.7. The third kappa shape index (κ3) is 44.8. The van der Waals surface area contributed by atoms with Crippen LogP contribution in [0.3, 0.4) is 0 Å². The van der Waals surface area contributed by atoms with Crippen LogP contribution in [-0.2, 0) is 28.6 Å². The number of carbonyl (C=O) groups is 3. The normalized spacial score (nSPS) is 13.2. The zero-order chi connectivity index (χ0) is 43.0. The Hall–Kier alpha value is -4.19. The van der Waals surface area contributed by atoms with Gasteiger partial charge in [0.25, 0.3) is 0 Å². The van der Waals surface area contributed by atoms with Crippen molar-refractivity contribution in [2.75, 3.05) is 13.2 Å². The molecular formula is C53H82O6. The summed E-state index contributed by atoms with van der Waals surface area (Å²) in [5.74, 6) is -1.06. The average Bonchev–Trinajstić information content (AvgIpc) is 3.23. The van der Waals surface area contributed by atoms with Gasteiger partial charge in [-0.15, -0.1) is 0 Å². The second kappa shape index (κ2) is 46.5. The van der Waals surface area contributed by atoms with Gasteiger partial charge in [0.05, 0.1) is 0 Å². The molecule has 0 fully saturated rings. The third-order valence-electron chi connectivity index (χ3n) is 9.07.